The van der Waals surface area contributed by atoms with Crippen molar-refractivity contribution in [1.29, 1.82) is 0 Å². The largest absolute Gasteiger partial charge is 0.344 e. The van der Waals surface area contributed by atoms with E-state index in [-0.39, 0.29) is 11.9 Å². The molecule has 0 aromatic carbocycles. The Morgan fingerprint density at radius 2 is 2.20 bits per heavy atom. The van der Waals surface area contributed by atoms with Crippen LogP contribution in [-0.2, 0) is 4.79 Å². The van der Waals surface area contributed by atoms with E-state index in [1.165, 1.54) is 0 Å². The Kier molecular flexibility index (Phi) is 1.69. The van der Waals surface area contributed by atoms with Crippen LogP contribution in [0.3, 0.4) is 0 Å². The number of hydrogen-bond acceptors (Lipinski definition) is 4. The SMILES string of the molecule is O=C1C[C@@H](c2c[nH]c3nccnc23)NN1. The van der Waals surface area contributed by atoms with Gasteiger partial charge in [-0.3, -0.25) is 15.2 Å². The zero-order valence-electron chi connectivity index (χ0n) is 7.82. The molecule has 0 spiro atoms. The molecule has 6 heteroatoms. The van der Waals surface area contributed by atoms with Gasteiger partial charge in [0.15, 0.2) is 5.65 Å². The first-order chi connectivity index (χ1) is 7.34. The first kappa shape index (κ1) is 8.37. The average molecular weight is 203 g/mol. The topological polar surface area (TPSA) is 82.7 Å². The predicted molar refractivity (Wildman–Crippen MR) is 52.5 cm³/mol. The molecule has 0 unspecified atom stereocenters. The monoisotopic (exact) mass is 203 g/mol. The van der Waals surface area contributed by atoms with Crippen molar-refractivity contribution in [2.75, 3.05) is 0 Å². The van der Waals surface area contributed by atoms with Gasteiger partial charge in [-0.1, -0.05) is 0 Å². The van der Waals surface area contributed by atoms with Crippen LogP contribution in [0.2, 0.25) is 0 Å². The van der Waals surface area contributed by atoms with Gasteiger partial charge in [0.2, 0.25) is 5.91 Å². The van der Waals surface area contributed by atoms with Crippen LogP contribution in [0.25, 0.3) is 11.2 Å². The van der Waals surface area contributed by atoms with Crippen LogP contribution in [0.1, 0.15) is 18.0 Å². The average Bonchev–Trinajstić information content (AvgIpc) is 2.83. The van der Waals surface area contributed by atoms with Gasteiger partial charge in [0.25, 0.3) is 0 Å². The lowest BCUT2D eigenvalue weighted by atomic mass is 10.1. The molecule has 1 amide bonds. The molecule has 15 heavy (non-hydrogen) atoms. The minimum absolute atomic E-state index is 0.00163. The Bertz CT molecular complexity index is 520. The van der Waals surface area contributed by atoms with Gasteiger partial charge in [-0.15, -0.1) is 0 Å². The van der Waals surface area contributed by atoms with Crippen molar-refractivity contribution in [3.63, 3.8) is 0 Å². The molecular formula is C9H9N5O. The highest BCUT2D eigenvalue weighted by atomic mass is 16.2. The van der Waals surface area contributed by atoms with E-state index in [1.54, 1.807) is 12.4 Å². The molecule has 76 valence electrons. The number of carbonyl (C=O) groups excluding carboxylic acids is 1. The number of aromatic nitrogens is 3. The summed E-state index contributed by atoms with van der Waals surface area (Å²) in [7, 11) is 0. The van der Waals surface area contributed by atoms with E-state index >= 15 is 0 Å². The summed E-state index contributed by atoms with van der Waals surface area (Å²) in [6, 6.07) is -0.0250. The maximum Gasteiger partial charge on any atom is 0.236 e. The van der Waals surface area contributed by atoms with Crippen LogP contribution in [0.4, 0.5) is 0 Å². The maximum atomic E-state index is 11.1. The Labute approximate surface area is 85.1 Å². The van der Waals surface area contributed by atoms with E-state index in [0.29, 0.717) is 6.42 Å². The quantitative estimate of drug-likeness (QED) is 0.610. The second-order valence-corrected chi connectivity index (χ2v) is 3.45. The van der Waals surface area contributed by atoms with Gasteiger partial charge in [-0.05, 0) is 0 Å². The van der Waals surface area contributed by atoms with Crippen LogP contribution < -0.4 is 10.9 Å². The minimum Gasteiger partial charge on any atom is -0.344 e. The first-order valence-electron chi connectivity index (χ1n) is 4.67. The molecule has 1 aliphatic heterocycles. The summed E-state index contributed by atoms with van der Waals surface area (Å²) in [5, 5.41) is 0. The zero-order valence-corrected chi connectivity index (χ0v) is 7.82. The molecule has 1 saturated heterocycles. The maximum absolute atomic E-state index is 11.1. The highest BCUT2D eigenvalue weighted by molar-refractivity contribution is 5.81. The number of nitrogens with one attached hydrogen (secondary N) is 3. The molecule has 1 atom stereocenters. The second-order valence-electron chi connectivity index (χ2n) is 3.45. The van der Waals surface area contributed by atoms with E-state index in [0.717, 1.165) is 16.7 Å². The number of hydrogen-bond donors (Lipinski definition) is 3. The van der Waals surface area contributed by atoms with E-state index in [1.807, 2.05) is 6.20 Å². The van der Waals surface area contributed by atoms with E-state index in [4.69, 9.17) is 0 Å². The second kappa shape index (κ2) is 3.03. The molecule has 0 radical (unpaired) electrons. The van der Waals surface area contributed by atoms with Crippen molar-refractivity contribution in [2.24, 2.45) is 0 Å². The standard InChI is InChI=1S/C9H9N5O/c15-7-3-6(13-14-7)5-4-12-9-8(5)10-1-2-11-9/h1-2,4,6,13H,3H2,(H,11,12)(H,14,15)/t6-/m0/s1. The van der Waals surface area contributed by atoms with Crippen molar-refractivity contribution < 1.29 is 4.79 Å². The van der Waals surface area contributed by atoms with Crippen LogP contribution in [0.5, 0.6) is 0 Å². The van der Waals surface area contributed by atoms with Crippen LogP contribution >= 0.6 is 0 Å². The lowest BCUT2D eigenvalue weighted by Gasteiger charge is -2.05. The summed E-state index contributed by atoms with van der Waals surface area (Å²) in [5.41, 5.74) is 8.01. The molecule has 3 N–H and O–H groups in total. The van der Waals surface area contributed by atoms with Crippen molar-refractivity contribution in [1.82, 2.24) is 25.8 Å². The minimum atomic E-state index is -0.0250. The number of rotatable bonds is 1. The number of hydrazine groups is 1. The van der Waals surface area contributed by atoms with Crippen LogP contribution in [0, 0.1) is 0 Å². The molecular weight excluding hydrogens is 194 g/mol. The third-order valence-electron chi connectivity index (χ3n) is 2.49. The predicted octanol–water partition coefficient (Wildman–Crippen LogP) is 0.0235. The molecule has 6 nitrogen and oxygen atoms in total. The lowest BCUT2D eigenvalue weighted by Crippen LogP contribution is -2.27. The Balaban J connectivity index is 2.07. The molecule has 3 rings (SSSR count). The number of aromatic amines is 1. The Morgan fingerprint density at radius 1 is 1.33 bits per heavy atom. The summed E-state index contributed by atoms with van der Waals surface area (Å²) < 4.78 is 0. The van der Waals surface area contributed by atoms with Crippen molar-refractivity contribution in [3.8, 4) is 0 Å². The first-order valence-corrected chi connectivity index (χ1v) is 4.67. The van der Waals surface area contributed by atoms with Gasteiger partial charge in [0.05, 0.1) is 6.04 Å². The van der Waals surface area contributed by atoms with E-state index in [2.05, 4.69) is 25.8 Å². The summed E-state index contributed by atoms with van der Waals surface area (Å²) in [4.78, 5) is 22.5. The van der Waals surface area contributed by atoms with E-state index in [9.17, 15) is 4.79 Å². The van der Waals surface area contributed by atoms with Gasteiger partial charge >= 0.3 is 0 Å². The lowest BCUT2D eigenvalue weighted by molar-refractivity contribution is -0.119. The van der Waals surface area contributed by atoms with Gasteiger partial charge in [-0.2, -0.15) is 0 Å². The fourth-order valence-corrected chi connectivity index (χ4v) is 1.78. The number of H-pyrrole nitrogens is 1. The molecule has 1 fully saturated rings. The fraction of sp³-hybridized carbons (Fsp3) is 0.222. The highest BCUT2D eigenvalue weighted by Gasteiger charge is 2.25. The Morgan fingerprint density at radius 3 is 3.00 bits per heavy atom. The molecule has 2 aromatic rings. The zero-order chi connectivity index (χ0) is 10.3. The normalized spacial score (nSPS) is 20.8. The third-order valence-corrected chi connectivity index (χ3v) is 2.49. The molecule has 1 aliphatic rings. The molecule has 0 aliphatic carbocycles. The summed E-state index contributed by atoms with van der Waals surface area (Å²) >= 11 is 0. The van der Waals surface area contributed by atoms with Gasteiger partial charge in [0.1, 0.15) is 5.52 Å². The number of fused-ring (bicyclic) bond motifs is 1. The fourth-order valence-electron chi connectivity index (χ4n) is 1.78. The smallest absolute Gasteiger partial charge is 0.236 e. The van der Waals surface area contributed by atoms with E-state index < -0.39 is 0 Å². The van der Waals surface area contributed by atoms with Crippen LogP contribution in [-0.4, -0.2) is 20.9 Å². The van der Waals surface area contributed by atoms with Gasteiger partial charge in [0, 0.05) is 30.6 Å². The third kappa shape index (κ3) is 1.26. The van der Waals surface area contributed by atoms with Crippen molar-refractivity contribution in [3.05, 3.63) is 24.2 Å². The van der Waals surface area contributed by atoms with Crippen molar-refractivity contribution in [2.45, 2.75) is 12.5 Å². The molecule has 3 heterocycles. The van der Waals surface area contributed by atoms with Gasteiger partial charge < -0.3 is 4.98 Å². The number of carbonyl (C=O) groups is 1. The van der Waals surface area contributed by atoms with Crippen molar-refractivity contribution >= 4 is 17.1 Å². The summed E-state index contributed by atoms with van der Waals surface area (Å²) in [5.74, 6) is -0.00163. The Hall–Kier alpha value is -1.95. The molecule has 2 aromatic heterocycles. The summed E-state index contributed by atoms with van der Waals surface area (Å²) in [6.45, 7) is 0. The number of nitrogens with zero attached hydrogens (tertiary/aromatic N) is 2. The van der Waals surface area contributed by atoms with Crippen LogP contribution in [0.15, 0.2) is 18.6 Å². The summed E-state index contributed by atoms with van der Waals surface area (Å²) in [6.07, 6.45) is 5.55. The number of amides is 1. The highest BCUT2D eigenvalue weighted by Crippen LogP contribution is 2.24. The molecule has 0 bridgehead atoms. The van der Waals surface area contributed by atoms with Gasteiger partial charge in [-0.25, -0.2) is 10.4 Å². The molecule has 0 saturated carbocycles.